The summed E-state index contributed by atoms with van der Waals surface area (Å²) in [5.74, 6) is -0.284. The summed E-state index contributed by atoms with van der Waals surface area (Å²) in [5, 5.41) is 14.6. The van der Waals surface area contributed by atoms with Gasteiger partial charge < -0.3 is 5.11 Å². The van der Waals surface area contributed by atoms with E-state index in [0.717, 1.165) is 0 Å². The second kappa shape index (κ2) is 7.87. The zero-order chi connectivity index (χ0) is 18.7. The Labute approximate surface area is 154 Å². The molecule has 2 heterocycles. The largest absolute Gasteiger partial charge is 0.391 e. The van der Waals surface area contributed by atoms with Crippen LogP contribution in [0.25, 0.3) is 0 Å². The fourth-order valence-corrected chi connectivity index (χ4v) is 4.50. The van der Waals surface area contributed by atoms with Gasteiger partial charge in [0, 0.05) is 52.0 Å². The van der Waals surface area contributed by atoms with Gasteiger partial charge in [0.15, 0.2) is 0 Å². The average molecular weight is 378 g/mol. The number of benzene rings is 1. The van der Waals surface area contributed by atoms with Crippen molar-refractivity contribution in [2.45, 2.75) is 19.2 Å². The maximum atomic E-state index is 12.1. The van der Waals surface area contributed by atoms with Gasteiger partial charge in [-0.25, -0.2) is 12.7 Å². The van der Waals surface area contributed by atoms with Gasteiger partial charge >= 0.3 is 0 Å². The number of aromatic nitrogens is 2. The fourth-order valence-electron chi connectivity index (χ4n) is 3.33. The minimum absolute atomic E-state index is 0.0212. The number of nitrogens with zero attached hydrogens (tertiary/aromatic N) is 4. The molecule has 8 heteroatoms. The van der Waals surface area contributed by atoms with Crippen molar-refractivity contribution in [2.75, 3.05) is 32.9 Å². The molecule has 0 saturated carbocycles. The molecule has 7 nitrogen and oxygen atoms in total. The Morgan fingerprint density at radius 2 is 1.85 bits per heavy atom. The van der Waals surface area contributed by atoms with Gasteiger partial charge in [0.1, 0.15) is 0 Å². The van der Waals surface area contributed by atoms with Crippen molar-refractivity contribution in [1.82, 2.24) is 19.0 Å². The van der Waals surface area contributed by atoms with E-state index in [1.54, 1.807) is 6.20 Å². The Morgan fingerprint density at radius 3 is 2.46 bits per heavy atom. The summed E-state index contributed by atoms with van der Waals surface area (Å²) in [5.41, 5.74) is 2.35. The van der Waals surface area contributed by atoms with Crippen LogP contribution in [0, 0.1) is 5.92 Å². The van der Waals surface area contributed by atoms with E-state index in [4.69, 9.17) is 0 Å². The predicted octanol–water partition coefficient (Wildman–Crippen LogP) is 0.615. The second-order valence-corrected chi connectivity index (χ2v) is 9.28. The molecule has 1 aromatic carbocycles. The van der Waals surface area contributed by atoms with Crippen LogP contribution < -0.4 is 0 Å². The van der Waals surface area contributed by atoms with Crippen LogP contribution in [0.15, 0.2) is 42.7 Å². The molecule has 1 aromatic heterocycles. The lowest BCUT2D eigenvalue weighted by molar-refractivity contribution is 0.148. The van der Waals surface area contributed by atoms with E-state index in [9.17, 15) is 13.5 Å². The summed E-state index contributed by atoms with van der Waals surface area (Å²) >= 11 is 0. The lowest BCUT2D eigenvalue weighted by Crippen LogP contribution is -2.33. The monoisotopic (exact) mass is 378 g/mol. The van der Waals surface area contributed by atoms with E-state index < -0.39 is 16.1 Å². The molecule has 3 rings (SSSR count). The number of aliphatic hydroxyl groups is 1. The molecule has 1 N–H and O–H groups in total. The predicted molar refractivity (Wildman–Crippen MR) is 100 cm³/mol. The molecule has 2 atom stereocenters. The highest BCUT2D eigenvalue weighted by molar-refractivity contribution is 7.89. The molecule has 142 valence electrons. The quantitative estimate of drug-likeness (QED) is 0.764. The fraction of sp³-hybridized carbons (Fsp3) is 0.500. The molecule has 1 fully saturated rings. The number of β-amino-alcohol motifs (C(OH)–C–C–N with tert-alkyl or cyclic N) is 1. The van der Waals surface area contributed by atoms with Crippen molar-refractivity contribution < 1.29 is 13.5 Å². The Balaban J connectivity index is 1.67. The second-order valence-electron chi connectivity index (χ2n) is 7.05. The van der Waals surface area contributed by atoms with E-state index >= 15 is 0 Å². The van der Waals surface area contributed by atoms with Gasteiger partial charge in [-0.3, -0.25) is 9.58 Å². The van der Waals surface area contributed by atoms with Gasteiger partial charge in [-0.2, -0.15) is 5.10 Å². The van der Waals surface area contributed by atoms with Gasteiger partial charge in [-0.1, -0.05) is 24.3 Å². The van der Waals surface area contributed by atoms with Crippen LogP contribution in [0.1, 0.15) is 11.1 Å². The first-order chi connectivity index (χ1) is 12.3. The molecule has 1 saturated heterocycles. The van der Waals surface area contributed by atoms with Crippen molar-refractivity contribution in [3.63, 3.8) is 0 Å². The molecule has 0 bridgehead atoms. The molecule has 2 aromatic rings. The van der Waals surface area contributed by atoms with Crippen LogP contribution in [0.2, 0.25) is 0 Å². The van der Waals surface area contributed by atoms with E-state index in [1.807, 2.05) is 29.1 Å². The number of sulfonamides is 1. The molecule has 1 aliphatic heterocycles. The summed E-state index contributed by atoms with van der Waals surface area (Å²) in [4.78, 5) is 2.13. The summed E-state index contributed by atoms with van der Waals surface area (Å²) < 4.78 is 27.3. The molecule has 0 unspecified atom stereocenters. The van der Waals surface area contributed by atoms with Crippen molar-refractivity contribution in [3.05, 3.63) is 53.9 Å². The minimum Gasteiger partial charge on any atom is -0.391 e. The lowest BCUT2D eigenvalue weighted by atomic mass is 10.1. The smallest absolute Gasteiger partial charge is 0.214 e. The van der Waals surface area contributed by atoms with Crippen LogP contribution in [0.3, 0.4) is 0 Å². The van der Waals surface area contributed by atoms with E-state index in [0.29, 0.717) is 26.2 Å². The number of hydrogen-bond donors (Lipinski definition) is 1. The number of aliphatic hydroxyl groups excluding tert-OH is 1. The first-order valence-corrected chi connectivity index (χ1v) is 10.3. The number of rotatable bonds is 7. The zero-order valence-electron chi connectivity index (χ0n) is 15.2. The molecular weight excluding hydrogens is 352 g/mol. The SMILES string of the molecule is CN(C)S(=O)(=O)C[C@@H]1CN(Cc2ccccc2Cn2cccn2)C[C@@H]1O. The third kappa shape index (κ3) is 4.50. The van der Waals surface area contributed by atoms with Crippen LogP contribution in [0.5, 0.6) is 0 Å². The Kier molecular flexibility index (Phi) is 5.76. The molecule has 1 aliphatic rings. The first kappa shape index (κ1) is 19.0. The van der Waals surface area contributed by atoms with Gasteiger partial charge in [0.05, 0.1) is 18.4 Å². The Morgan fingerprint density at radius 1 is 1.15 bits per heavy atom. The molecule has 0 spiro atoms. The van der Waals surface area contributed by atoms with E-state index in [-0.39, 0.29) is 11.7 Å². The summed E-state index contributed by atoms with van der Waals surface area (Å²) in [6.07, 6.45) is 3.07. The summed E-state index contributed by atoms with van der Waals surface area (Å²) in [6, 6.07) is 10.1. The Bertz CT molecular complexity index is 821. The van der Waals surface area contributed by atoms with Crippen LogP contribution in [-0.4, -0.2) is 71.6 Å². The van der Waals surface area contributed by atoms with E-state index in [1.165, 1.54) is 29.5 Å². The van der Waals surface area contributed by atoms with Crippen molar-refractivity contribution in [3.8, 4) is 0 Å². The standard InChI is InChI=1S/C18H26N4O3S/c1-20(2)26(24,25)14-17-11-21(13-18(17)23)10-15-6-3-4-7-16(15)12-22-9-5-8-19-22/h3-9,17-18,23H,10-14H2,1-2H3/t17-,18-/m0/s1. The Hall–Kier alpha value is -1.74. The van der Waals surface area contributed by atoms with E-state index in [2.05, 4.69) is 22.1 Å². The molecule has 26 heavy (non-hydrogen) atoms. The van der Waals surface area contributed by atoms with Gasteiger partial charge in [-0.15, -0.1) is 0 Å². The number of hydrogen-bond acceptors (Lipinski definition) is 5. The third-order valence-corrected chi connectivity index (χ3v) is 6.83. The average Bonchev–Trinajstić information content (AvgIpc) is 3.19. The summed E-state index contributed by atoms with van der Waals surface area (Å²) in [7, 11) is -0.263. The third-order valence-electron chi connectivity index (χ3n) is 4.87. The van der Waals surface area contributed by atoms with Crippen molar-refractivity contribution in [2.24, 2.45) is 5.92 Å². The van der Waals surface area contributed by atoms with Gasteiger partial charge in [-0.05, 0) is 17.2 Å². The normalized spacial score (nSPS) is 21.5. The van der Waals surface area contributed by atoms with Crippen LogP contribution in [-0.2, 0) is 23.1 Å². The molecule has 0 amide bonds. The molecular formula is C18H26N4O3S. The highest BCUT2D eigenvalue weighted by atomic mass is 32.2. The summed E-state index contributed by atoms with van der Waals surface area (Å²) in [6.45, 7) is 2.44. The van der Waals surface area contributed by atoms with Crippen LogP contribution in [0.4, 0.5) is 0 Å². The topological polar surface area (TPSA) is 78.7 Å². The molecule has 0 radical (unpaired) electrons. The van der Waals surface area contributed by atoms with Crippen molar-refractivity contribution >= 4 is 10.0 Å². The highest BCUT2D eigenvalue weighted by Gasteiger charge is 2.35. The van der Waals surface area contributed by atoms with Crippen LogP contribution >= 0.6 is 0 Å². The van der Waals surface area contributed by atoms with Gasteiger partial charge in [0.2, 0.25) is 10.0 Å². The first-order valence-electron chi connectivity index (χ1n) is 8.70. The molecule has 0 aliphatic carbocycles. The number of likely N-dealkylation sites (tertiary alicyclic amines) is 1. The van der Waals surface area contributed by atoms with Crippen molar-refractivity contribution in [1.29, 1.82) is 0 Å². The maximum absolute atomic E-state index is 12.1. The maximum Gasteiger partial charge on any atom is 0.214 e. The highest BCUT2D eigenvalue weighted by Crippen LogP contribution is 2.23. The lowest BCUT2D eigenvalue weighted by Gasteiger charge is -2.19. The minimum atomic E-state index is -3.32. The van der Waals surface area contributed by atoms with Gasteiger partial charge in [0.25, 0.3) is 0 Å². The zero-order valence-corrected chi connectivity index (χ0v) is 16.0.